The van der Waals surface area contributed by atoms with Crippen LogP contribution in [0.3, 0.4) is 0 Å². The first kappa shape index (κ1) is 13.0. The van der Waals surface area contributed by atoms with E-state index in [4.69, 9.17) is 15.6 Å². The van der Waals surface area contributed by atoms with Crippen LogP contribution in [0.25, 0.3) is 0 Å². The van der Waals surface area contributed by atoms with E-state index >= 15 is 0 Å². The highest BCUT2D eigenvalue weighted by Crippen LogP contribution is 2.32. The molecule has 0 spiro atoms. The summed E-state index contributed by atoms with van der Waals surface area (Å²) in [6.07, 6.45) is 0. The van der Waals surface area contributed by atoms with Crippen molar-refractivity contribution in [2.45, 2.75) is 13.8 Å². The van der Waals surface area contributed by atoms with Crippen LogP contribution in [-0.4, -0.2) is 11.1 Å². The molecule has 4 heteroatoms. The van der Waals surface area contributed by atoms with Gasteiger partial charge in [0.25, 0.3) is 0 Å². The fourth-order valence-electron chi connectivity index (χ4n) is 1.84. The monoisotopic (exact) mass is 257 g/mol. The molecule has 0 saturated carbocycles. The van der Waals surface area contributed by atoms with Gasteiger partial charge in [0.2, 0.25) is 0 Å². The summed E-state index contributed by atoms with van der Waals surface area (Å²) >= 11 is 0. The largest absolute Gasteiger partial charge is 0.478 e. The van der Waals surface area contributed by atoms with Gasteiger partial charge in [-0.1, -0.05) is 18.2 Å². The van der Waals surface area contributed by atoms with Crippen LogP contribution in [0.2, 0.25) is 0 Å². The maximum Gasteiger partial charge on any atom is 0.335 e. The van der Waals surface area contributed by atoms with E-state index in [0.717, 1.165) is 16.9 Å². The van der Waals surface area contributed by atoms with Gasteiger partial charge in [-0.2, -0.15) is 0 Å². The van der Waals surface area contributed by atoms with Gasteiger partial charge in [-0.3, -0.25) is 0 Å². The molecule has 0 radical (unpaired) electrons. The maximum absolute atomic E-state index is 10.8. The van der Waals surface area contributed by atoms with Crippen LogP contribution >= 0.6 is 0 Å². The molecule has 0 atom stereocenters. The molecule has 0 unspecified atom stereocenters. The van der Waals surface area contributed by atoms with Crippen LogP contribution in [0, 0.1) is 13.8 Å². The topological polar surface area (TPSA) is 72.5 Å². The Bertz CT molecular complexity index is 615. The van der Waals surface area contributed by atoms with Gasteiger partial charge >= 0.3 is 5.97 Å². The normalized spacial score (nSPS) is 10.2. The second kappa shape index (κ2) is 5.02. The van der Waals surface area contributed by atoms with E-state index in [0.29, 0.717) is 11.4 Å². The number of aryl methyl sites for hydroxylation is 2. The van der Waals surface area contributed by atoms with Gasteiger partial charge in [-0.05, 0) is 43.2 Å². The molecule has 0 aliphatic carbocycles. The summed E-state index contributed by atoms with van der Waals surface area (Å²) in [6.45, 7) is 3.90. The number of nitrogen functional groups attached to an aromatic ring is 1. The number of anilines is 1. The van der Waals surface area contributed by atoms with Crippen molar-refractivity contribution in [3.8, 4) is 11.5 Å². The summed E-state index contributed by atoms with van der Waals surface area (Å²) in [4.78, 5) is 10.8. The molecule has 0 aliphatic heterocycles. The average molecular weight is 257 g/mol. The lowest BCUT2D eigenvalue weighted by Crippen LogP contribution is -2.00. The van der Waals surface area contributed by atoms with Gasteiger partial charge in [0.15, 0.2) is 0 Å². The molecule has 0 bridgehead atoms. The Labute approximate surface area is 111 Å². The zero-order valence-corrected chi connectivity index (χ0v) is 10.8. The molecule has 2 rings (SSSR count). The standard InChI is InChI=1S/C15H15NO3/c1-9-4-3-5-10(2)14(9)19-13-7-6-11(15(17)18)8-12(13)16/h3-8H,16H2,1-2H3,(H,17,18). The Morgan fingerprint density at radius 3 is 2.32 bits per heavy atom. The van der Waals surface area contributed by atoms with Crippen molar-refractivity contribution in [3.05, 3.63) is 53.1 Å². The lowest BCUT2D eigenvalue weighted by atomic mass is 10.1. The summed E-state index contributed by atoms with van der Waals surface area (Å²) < 4.78 is 5.79. The summed E-state index contributed by atoms with van der Waals surface area (Å²) in [7, 11) is 0. The third kappa shape index (κ3) is 2.68. The van der Waals surface area contributed by atoms with Crippen LogP contribution in [-0.2, 0) is 0 Å². The molecule has 3 N–H and O–H groups in total. The molecule has 0 saturated heterocycles. The number of carboxylic acid groups (broad SMARTS) is 1. The molecule has 0 fully saturated rings. The van der Waals surface area contributed by atoms with E-state index in [9.17, 15) is 4.79 Å². The number of para-hydroxylation sites is 1. The molecule has 0 aliphatic rings. The van der Waals surface area contributed by atoms with Gasteiger partial charge in [0.05, 0.1) is 11.3 Å². The highest BCUT2D eigenvalue weighted by molar-refractivity contribution is 5.89. The van der Waals surface area contributed by atoms with Crippen LogP contribution < -0.4 is 10.5 Å². The molecule has 98 valence electrons. The summed E-state index contributed by atoms with van der Waals surface area (Å²) in [5.74, 6) is 0.199. The Balaban J connectivity index is 2.36. The lowest BCUT2D eigenvalue weighted by molar-refractivity contribution is 0.0697. The Kier molecular flexibility index (Phi) is 3.42. The van der Waals surface area contributed by atoms with Gasteiger partial charge < -0.3 is 15.6 Å². The fraction of sp³-hybridized carbons (Fsp3) is 0.133. The zero-order valence-electron chi connectivity index (χ0n) is 10.8. The maximum atomic E-state index is 10.8. The minimum absolute atomic E-state index is 0.145. The van der Waals surface area contributed by atoms with E-state index in [-0.39, 0.29) is 5.56 Å². The second-order valence-corrected chi connectivity index (χ2v) is 4.38. The molecule has 0 aromatic heterocycles. The van der Waals surface area contributed by atoms with Crippen molar-refractivity contribution in [2.24, 2.45) is 0 Å². The van der Waals surface area contributed by atoms with E-state index in [1.807, 2.05) is 32.0 Å². The highest BCUT2D eigenvalue weighted by atomic mass is 16.5. The van der Waals surface area contributed by atoms with Gasteiger partial charge in [0, 0.05) is 0 Å². The lowest BCUT2D eigenvalue weighted by Gasteiger charge is -2.13. The van der Waals surface area contributed by atoms with Crippen molar-refractivity contribution in [3.63, 3.8) is 0 Å². The van der Waals surface area contributed by atoms with Crippen LogP contribution in [0.1, 0.15) is 21.5 Å². The Morgan fingerprint density at radius 1 is 1.16 bits per heavy atom. The molecule has 2 aromatic carbocycles. The van der Waals surface area contributed by atoms with Crippen LogP contribution in [0.15, 0.2) is 36.4 Å². The predicted octanol–water partition coefficient (Wildman–Crippen LogP) is 3.38. The van der Waals surface area contributed by atoms with Crippen LogP contribution in [0.5, 0.6) is 11.5 Å². The smallest absolute Gasteiger partial charge is 0.335 e. The van der Waals surface area contributed by atoms with E-state index in [1.54, 1.807) is 6.07 Å². The van der Waals surface area contributed by atoms with E-state index in [2.05, 4.69) is 0 Å². The molecule has 19 heavy (non-hydrogen) atoms. The number of ether oxygens (including phenoxy) is 1. The van der Waals surface area contributed by atoms with E-state index in [1.165, 1.54) is 12.1 Å². The first-order valence-corrected chi connectivity index (χ1v) is 5.86. The minimum atomic E-state index is -1.01. The molecule has 0 amide bonds. The van der Waals surface area contributed by atoms with Gasteiger partial charge in [0.1, 0.15) is 11.5 Å². The SMILES string of the molecule is Cc1cccc(C)c1Oc1ccc(C(=O)O)cc1N. The van der Waals surface area contributed by atoms with E-state index < -0.39 is 5.97 Å². The van der Waals surface area contributed by atoms with Crippen molar-refractivity contribution < 1.29 is 14.6 Å². The number of hydrogen-bond acceptors (Lipinski definition) is 3. The van der Waals surface area contributed by atoms with Gasteiger partial charge in [-0.15, -0.1) is 0 Å². The van der Waals surface area contributed by atoms with Crippen LogP contribution in [0.4, 0.5) is 5.69 Å². The number of rotatable bonds is 3. The third-order valence-electron chi connectivity index (χ3n) is 2.88. The van der Waals surface area contributed by atoms with Crippen molar-refractivity contribution >= 4 is 11.7 Å². The summed E-state index contributed by atoms with van der Waals surface area (Å²) in [6, 6.07) is 10.3. The second-order valence-electron chi connectivity index (χ2n) is 4.38. The molecule has 4 nitrogen and oxygen atoms in total. The molecule has 0 heterocycles. The number of carboxylic acids is 1. The van der Waals surface area contributed by atoms with Crippen molar-refractivity contribution in [1.29, 1.82) is 0 Å². The van der Waals surface area contributed by atoms with Crippen molar-refractivity contribution in [2.75, 3.05) is 5.73 Å². The number of carbonyl (C=O) groups is 1. The molecule has 2 aromatic rings. The Hall–Kier alpha value is -2.49. The quantitative estimate of drug-likeness (QED) is 0.827. The first-order valence-electron chi connectivity index (χ1n) is 5.86. The average Bonchev–Trinajstić information content (AvgIpc) is 2.35. The number of benzene rings is 2. The molecular weight excluding hydrogens is 242 g/mol. The first-order chi connectivity index (χ1) is 8.99. The number of nitrogens with two attached hydrogens (primary N) is 1. The number of aromatic carboxylic acids is 1. The van der Waals surface area contributed by atoms with Gasteiger partial charge in [-0.25, -0.2) is 4.79 Å². The zero-order chi connectivity index (χ0) is 14.0. The minimum Gasteiger partial charge on any atom is -0.478 e. The predicted molar refractivity (Wildman–Crippen MR) is 73.8 cm³/mol. The molecular formula is C15H15NO3. The highest BCUT2D eigenvalue weighted by Gasteiger charge is 2.10. The van der Waals surface area contributed by atoms with Crippen molar-refractivity contribution in [1.82, 2.24) is 0 Å². The summed E-state index contributed by atoms with van der Waals surface area (Å²) in [5, 5.41) is 8.88. The number of hydrogen-bond donors (Lipinski definition) is 2. The Morgan fingerprint density at radius 2 is 1.79 bits per heavy atom. The summed E-state index contributed by atoms with van der Waals surface area (Å²) in [5.41, 5.74) is 8.27. The third-order valence-corrected chi connectivity index (χ3v) is 2.88. The fourth-order valence-corrected chi connectivity index (χ4v) is 1.84.